The van der Waals surface area contributed by atoms with Crippen molar-refractivity contribution in [3.05, 3.63) is 70.8 Å². The topological polar surface area (TPSA) is 169 Å². The molecule has 1 aromatic rings. The number of aliphatic hydroxyl groups is 4. The molecule has 4 rings (SSSR count). The third kappa shape index (κ3) is 5.64. The lowest BCUT2D eigenvalue weighted by Gasteiger charge is -2.44. The Morgan fingerprint density at radius 3 is 2.56 bits per heavy atom. The quantitative estimate of drug-likeness (QED) is 0.121. The van der Waals surface area contributed by atoms with Crippen molar-refractivity contribution >= 4 is 17.7 Å². The Balaban J connectivity index is 1.51. The summed E-state index contributed by atoms with van der Waals surface area (Å²) < 4.78 is 25.6. The Kier molecular flexibility index (Phi) is 8.30. The zero-order chi connectivity index (χ0) is 28.4. The molecule has 210 valence electrons. The van der Waals surface area contributed by atoms with E-state index < -0.39 is 47.7 Å². The smallest absolute Gasteiger partial charge is 0.303 e. The Morgan fingerprint density at radius 1 is 1.18 bits per heavy atom. The number of carbonyl (C=O) groups excluding carboxylic acids is 3. The van der Waals surface area contributed by atoms with Crippen molar-refractivity contribution < 1.29 is 48.7 Å². The summed E-state index contributed by atoms with van der Waals surface area (Å²) in [7, 11) is 0. The van der Waals surface area contributed by atoms with Gasteiger partial charge in [0.25, 0.3) is 23.5 Å². The summed E-state index contributed by atoms with van der Waals surface area (Å²) in [6.07, 6.45) is 5.72. The first-order valence-corrected chi connectivity index (χ1v) is 12.2. The standard InChI is InChI=1S/C26H30FN3O9/c1-2-3-4-19-18(13-30(23(19)32)21-22(31)28-24(33)26(36,37)25(21,34)35)15-39-14-17-6-5-16(11-20(17)27)12-29-7-9-38-10-8-29/h2-6,11,15,21,34-37H,7-10,12-14H2,1H3,(H,28,31,33)/b3-2-,18-15+,19-4+. The molecule has 0 spiro atoms. The van der Waals surface area contributed by atoms with E-state index in [9.17, 15) is 39.2 Å². The largest absolute Gasteiger partial charge is 0.496 e. The van der Waals surface area contributed by atoms with Gasteiger partial charge in [-0.3, -0.25) is 24.6 Å². The van der Waals surface area contributed by atoms with E-state index >= 15 is 0 Å². The number of rotatable bonds is 7. The molecular weight excluding hydrogens is 517 g/mol. The van der Waals surface area contributed by atoms with Crippen LogP contribution in [0.15, 0.2) is 53.8 Å². The van der Waals surface area contributed by atoms with Crippen LogP contribution in [0, 0.1) is 5.82 Å². The van der Waals surface area contributed by atoms with Gasteiger partial charge in [0.2, 0.25) is 0 Å². The number of nitrogens with one attached hydrogen (secondary N) is 1. The maximum Gasteiger partial charge on any atom is 0.303 e. The molecule has 0 saturated carbocycles. The second kappa shape index (κ2) is 11.3. The molecule has 0 radical (unpaired) electrons. The van der Waals surface area contributed by atoms with E-state index in [1.54, 1.807) is 30.4 Å². The van der Waals surface area contributed by atoms with E-state index in [1.807, 2.05) is 0 Å². The molecule has 3 saturated heterocycles. The summed E-state index contributed by atoms with van der Waals surface area (Å²) in [6.45, 7) is 4.49. The van der Waals surface area contributed by atoms with E-state index in [1.165, 1.54) is 24.5 Å². The van der Waals surface area contributed by atoms with Gasteiger partial charge in [-0.15, -0.1) is 0 Å². The van der Waals surface area contributed by atoms with Crippen molar-refractivity contribution in [1.82, 2.24) is 15.1 Å². The van der Waals surface area contributed by atoms with Gasteiger partial charge >= 0.3 is 5.79 Å². The number of likely N-dealkylation sites (tertiary alicyclic amines) is 1. The molecule has 0 aromatic heterocycles. The molecule has 3 aliphatic rings. The van der Waals surface area contributed by atoms with Crippen molar-refractivity contribution in [2.75, 3.05) is 32.8 Å². The number of piperidine rings is 1. The number of hydrogen-bond donors (Lipinski definition) is 5. The lowest BCUT2D eigenvalue weighted by Crippen LogP contribution is -2.79. The minimum absolute atomic E-state index is 0.0106. The average molecular weight is 548 g/mol. The van der Waals surface area contributed by atoms with Gasteiger partial charge in [0.05, 0.1) is 26.0 Å². The molecule has 0 bridgehead atoms. The van der Waals surface area contributed by atoms with Gasteiger partial charge < -0.3 is 34.8 Å². The Bertz CT molecular complexity index is 1240. The SMILES string of the molecule is C\C=C/C=C1/C(=O)N(C2C(=O)NC(=O)C(O)(O)C2(O)O)C/C1=C\OCc1ccc(CN2CCOCC2)cc1F. The summed E-state index contributed by atoms with van der Waals surface area (Å²) in [5.74, 6) is -11.9. The van der Waals surface area contributed by atoms with Gasteiger partial charge in [0.15, 0.2) is 6.04 Å². The number of imide groups is 1. The number of morpholine rings is 1. The van der Waals surface area contributed by atoms with Gasteiger partial charge in [0.1, 0.15) is 12.4 Å². The summed E-state index contributed by atoms with van der Waals surface area (Å²) >= 11 is 0. The first-order valence-electron chi connectivity index (χ1n) is 12.2. The fourth-order valence-electron chi connectivity index (χ4n) is 4.54. The van der Waals surface area contributed by atoms with Crippen molar-refractivity contribution in [2.24, 2.45) is 0 Å². The molecule has 13 heteroatoms. The van der Waals surface area contributed by atoms with Crippen LogP contribution in [0.5, 0.6) is 0 Å². The third-order valence-electron chi connectivity index (χ3n) is 6.73. The van der Waals surface area contributed by atoms with Crippen molar-refractivity contribution in [1.29, 1.82) is 0 Å². The summed E-state index contributed by atoms with van der Waals surface area (Å²) in [4.78, 5) is 40.2. The Labute approximate surface area is 223 Å². The maximum absolute atomic E-state index is 14.7. The fourth-order valence-corrected chi connectivity index (χ4v) is 4.54. The van der Waals surface area contributed by atoms with Crippen molar-refractivity contribution in [3.63, 3.8) is 0 Å². The van der Waals surface area contributed by atoms with E-state index in [4.69, 9.17) is 9.47 Å². The molecule has 3 aliphatic heterocycles. The van der Waals surface area contributed by atoms with Gasteiger partial charge in [-0.05, 0) is 24.6 Å². The van der Waals surface area contributed by atoms with Crippen LogP contribution in [-0.4, -0.2) is 98.4 Å². The zero-order valence-electron chi connectivity index (χ0n) is 21.2. The summed E-state index contributed by atoms with van der Waals surface area (Å²) in [5.41, 5.74) is 1.27. The first-order chi connectivity index (χ1) is 18.5. The highest BCUT2D eigenvalue weighted by atomic mass is 19.1. The number of halogens is 1. The number of hydrogen-bond acceptors (Lipinski definition) is 10. The minimum Gasteiger partial charge on any atom is -0.496 e. The molecule has 1 aromatic carbocycles. The molecular formula is C26H30FN3O9. The molecule has 3 amide bonds. The number of amides is 3. The third-order valence-corrected chi connectivity index (χ3v) is 6.73. The number of carbonyl (C=O) groups is 3. The number of nitrogens with zero attached hydrogens (tertiary/aromatic N) is 2. The Morgan fingerprint density at radius 2 is 1.90 bits per heavy atom. The molecule has 0 aliphatic carbocycles. The predicted octanol–water partition coefficient (Wildman–Crippen LogP) is -1.21. The normalized spacial score (nSPS) is 25.6. The van der Waals surface area contributed by atoms with Crippen LogP contribution in [0.2, 0.25) is 0 Å². The molecule has 1 atom stereocenters. The second-order valence-electron chi connectivity index (χ2n) is 9.43. The average Bonchev–Trinajstić information content (AvgIpc) is 3.18. The maximum atomic E-state index is 14.7. The molecule has 39 heavy (non-hydrogen) atoms. The van der Waals surface area contributed by atoms with Crippen LogP contribution >= 0.6 is 0 Å². The number of benzene rings is 1. The van der Waals surface area contributed by atoms with Crippen LogP contribution < -0.4 is 5.32 Å². The minimum atomic E-state index is -3.77. The van der Waals surface area contributed by atoms with Crippen LogP contribution in [0.25, 0.3) is 0 Å². The lowest BCUT2D eigenvalue weighted by molar-refractivity contribution is -0.355. The monoisotopic (exact) mass is 547 g/mol. The van der Waals surface area contributed by atoms with Gasteiger partial charge in [0, 0.05) is 36.3 Å². The highest BCUT2D eigenvalue weighted by Crippen LogP contribution is 2.34. The van der Waals surface area contributed by atoms with Crippen LogP contribution in [0.1, 0.15) is 18.1 Å². The number of allylic oxidation sites excluding steroid dienone is 3. The van der Waals surface area contributed by atoms with Gasteiger partial charge in [-0.1, -0.05) is 24.3 Å². The van der Waals surface area contributed by atoms with Gasteiger partial charge in [-0.25, -0.2) is 4.39 Å². The highest BCUT2D eigenvalue weighted by Gasteiger charge is 2.67. The molecule has 5 N–H and O–H groups in total. The van der Waals surface area contributed by atoms with Gasteiger partial charge in [-0.2, -0.15) is 0 Å². The van der Waals surface area contributed by atoms with E-state index in [0.717, 1.165) is 18.7 Å². The molecule has 1 unspecified atom stereocenters. The number of ether oxygens (including phenoxy) is 2. The van der Waals surface area contributed by atoms with Crippen LogP contribution in [-0.2, 0) is 37.0 Å². The van der Waals surface area contributed by atoms with Crippen LogP contribution in [0.4, 0.5) is 4.39 Å². The fraction of sp³-hybridized carbons (Fsp3) is 0.423. The Hall–Kier alpha value is -3.46. The van der Waals surface area contributed by atoms with Crippen molar-refractivity contribution in [3.8, 4) is 0 Å². The van der Waals surface area contributed by atoms with E-state index in [2.05, 4.69) is 4.90 Å². The lowest BCUT2D eigenvalue weighted by atomic mass is 9.90. The van der Waals surface area contributed by atoms with Crippen molar-refractivity contribution in [2.45, 2.75) is 37.7 Å². The zero-order valence-corrected chi connectivity index (χ0v) is 21.2. The van der Waals surface area contributed by atoms with Crippen LogP contribution in [0.3, 0.4) is 0 Å². The predicted molar refractivity (Wildman–Crippen MR) is 131 cm³/mol. The highest BCUT2D eigenvalue weighted by molar-refractivity contribution is 6.09. The molecule has 12 nitrogen and oxygen atoms in total. The second-order valence-corrected chi connectivity index (χ2v) is 9.43. The molecule has 3 fully saturated rings. The summed E-state index contributed by atoms with van der Waals surface area (Å²) in [6, 6.07) is 2.59. The summed E-state index contributed by atoms with van der Waals surface area (Å²) in [5, 5.41) is 42.2. The molecule has 3 heterocycles. The van der Waals surface area contributed by atoms with E-state index in [-0.39, 0.29) is 23.3 Å². The first kappa shape index (κ1) is 28.5. The van der Waals surface area contributed by atoms with E-state index in [0.29, 0.717) is 24.7 Å².